The Balaban J connectivity index is 0.00000220. The fourth-order valence-corrected chi connectivity index (χ4v) is 3.42. The average molecular weight is 318 g/mol. The standard InChI is InChI=1S/C15H27N3O2.ClH/c1-12(19)17-10-13-6-5-9-18(11-13)14(20)15(16)7-3-2-4-8-15;/h13H,2-11,16H2,1H3,(H,17,19);1H. The van der Waals surface area contributed by atoms with Crippen LogP contribution >= 0.6 is 12.4 Å². The van der Waals surface area contributed by atoms with E-state index in [0.29, 0.717) is 12.5 Å². The highest BCUT2D eigenvalue weighted by atomic mass is 35.5. The van der Waals surface area contributed by atoms with Crippen LogP contribution in [0.1, 0.15) is 51.9 Å². The van der Waals surface area contributed by atoms with Crippen LogP contribution in [-0.4, -0.2) is 41.9 Å². The predicted molar refractivity (Wildman–Crippen MR) is 85.2 cm³/mol. The van der Waals surface area contributed by atoms with E-state index in [-0.39, 0.29) is 24.2 Å². The van der Waals surface area contributed by atoms with Gasteiger partial charge in [-0.3, -0.25) is 9.59 Å². The third-order valence-electron chi connectivity index (χ3n) is 4.62. The molecule has 5 nitrogen and oxygen atoms in total. The highest BCUT2D eigenvalue weighted by Gasteiger charge is 2.39. The lowest BCUT2D eigenvalue weighted by molar-refractivity contribution is -0.140. The molecule has 0 aromatic carbocycles. The van der Waals surface area contributed by atoms with Crippen molar-refractivity contribution in [1.82, 2.24) is 10.2 Å². The van der Waals surface area contributed by atoms with Gasteiger partial charge in [0.15, 0.2) is 0 Å². The number of amides is 2. The molecule has 1 saturated carbocycles. The van der Waals surface area contributed by atoms with Gasteiger partial charge in [-0.1, -0.05) is 19.3 Å². The number of halogens is 1. The van der Waals surface area contributed by atoms with Crippen LogP contribution in [0.4, 0.5) is 0 Å². The van der Waals surface area contributed by atoms with Crippen molar-refractivity contribution in [2.45, 2.75) is 57.4 Å². The van der Waals surface area contributed by atoms with Crippen molar-refractivity contribution in [3.05, 3.63) is 0 Å². The SMILES string of the molecule is CC(=O)NCC1CCCN(C(=O)C2(N)CCCCC2)C1.Cl. The minimum atomic E-state index is -0.631. The summed E-state index contributed by atoms with van der Waals surface area (Å²) in [5.41, 5.74) is 5.71. The minimum absolute atomic E-state index is 0. The van der Waals surface area contributed by atoms with Crippen LogP contribution in [0.2, 0.25) is 0 Å². The number of nitrogens with two attached hydrogens (primary N) is 1. The molecule has 6 heteroatoms. The topological polar surface area (TPSA) is 75.4 Å². The van der Waals surface area contributed by atoms with Crippen LogP contribution < -0.4 is 11.1 Å². The van der Waals surface area contributed by atoms with Crippen molar-refractivity contribution in [3.63, 3.8) is 0 Å². The van der Waals surface area contributed by atoms with Crippen LogP contribution in [0, 0.1) is 5.92 Å². The van der Waals surface area contributed by atoms with E-state index in [0.717, 1.165) is 51.6 Å². The number of carbonyl (C=O) groups excluding carboxylic acids is 2. The highest BCUT2D eigenvalue weighted by molar-refractivity contribution is 5.86. The number of rotatable bonds is 3. The smallest absolute Gasteiger partial charge is 0.242 e. The Bertz CT molecular complexity index is 370. The third-order valence-corrected chi connectivity index (χ3v) is 4.62. The van der Waals surface area contributed by atoms with E-state index in [4.69, 9.17) is 5.73 Å². The number of carbonyl (C=O) groups is 2. The summed E-state index contributed by atoms with van der Waals surface area (Å²) >= 11 is 0. The van der Waals surface area contributed by atoms with Gasteiger partial charge in [-0.25, -0.2) is 0 Å². The van der Waals surface area contributed by atoms with Crippen LogP contribution in [0.5, 0.6) is 0 Å². The molecule has 1 aliphatic heterocycles. The summed E-state index contributed by atoms with van der Waals surface area (Å²) in [6, 6.07) is 0. The number of likely N-dealkylation sites (tertiary alicyclic amines) is 1. The monoisotopic (exact) mass is 317 g/mol. The first-order valence-electron chi connectivity index (χ1n) is 7.84. The van der Waals surface area contributed by atoms with Crippen LogP contribution in [0.3, 0.4) is 0 Å². The Hall–Kier alpha value is -0.810. The summed E-state index contributed by atoms with van der Waals surface area (Å²) in [5, 5.41) is 2.86. The van der Waals surface area contributed by atoms with Crippen LogP contribution in [0.15, 0.2) is 0 Å². The van der Waals surface area contributed by atoms with Gasteiger partial charge in [0.1, 0.15) is 0 Å². The molecule has 1 heterocycles. The van der Waals surface area contributed by atoms with Crippen molar-refractivity contribution in [2.24, 2.45) is 11.7 Å². The largest absolute Gasteiger partial charge is 0.356 e. The number of nitrogens with one attached hydrogen (secondary N) is 1. The molecule has 1 atom stereocenters. The molecule has 2 amide bonds. The number of hydrogen-bond donors (Lipinski definition) is 2. The van der Waals surface area contributed by atoms with Crippen molar-refractivity contribution in [3.8, 4) is 0 Å². The molecule has 21 heavy (non-hydrogen) atoms. The fourth-order valence-electron chi connectivity index (χ4n) is 3.42. The normalized spacial score (nSPS) is 24.9. The van der Waals surface area contributed by atoms with Crippen molar-refractivity contribution in [2.75, 3.05) is 19.6 Å². The first-order valence-corrected chi connectivity index (χ1v) is 7.84. The van der Waals surface area contributed by atoms with E-state index in [9.17, 15) is 9.59 Å². The summed E-state index contributed by atoms with van der Waals surface area (Å²) in [5.74, 6) is 0.490. The Kier molecular flexibility index (Phi) is 6.94. The van der Waals surface area contributed by atoms with Gasteiger partial charge < -0.3 is 16.0 Å². The fraction of sp³-hybridized carbons (Fsp3) is 0.867. The maximum atomic E-state index is 12.7. The molecule has 2 fully saturated rings. The molecular weight excluding hydrogens is 290 g/mol. The maximum absolute atomic E-state index is 12.7. The predicted octanol–water partition coefficient (Wildman–Crippen LogP) is 1.44. The van der Waals surface area contributed by atoms with E-state index in [1.54, 1.807) is 0 Å². The van der Waals surface area contributed by atoms with Crippen LogP contribution in [-0.2, 0) is 9.59 Å². The van der Waals surface area contributed by atoms with Gasteiger partial charge >= 0.3 is 0 Å². The Morgan fingerprint density at radius 1 is 1.24 bits per heavy atom. The number of nitrogens with zero attached hydrogens (tertiary/aromatic N) is 1. The Labute approximate surface area is 133 Å². The van der Waals surface area contributed by atoms with Crippen molar-refractivity contribution >= 4 is 24.2 Å². The molecule has 1 aliphatic carbocycles. The number of piperidine rings is 1. The highest BCUT2D eigenvalue weighted by Crippen LogP contribution is 2.29. The van der Waals surface area contributed by atoms with Gasteiger partial charge in [0.05, 0.1) is 5.54 Å². The lowest BCUT2D eigenvalue weighted by Crippen LogP contribution is -2.58. The molecule has 0 radical (unpaired) electrons. The second-order valence-corrected chi connectivity index (χ2v) is 6.41. The van der Waals surface area contributed by atoms with E-state index in [1.165, 1.54) is 13.3 Å². The summed E-state index contributed by atoms with van der Waals surface area (Å²) < 4.78 is 0. The van der Waals surface area contributed by atoms with Gasteiger partial charge in [0, 0.05) is 26.6 Å². The van der Waals surface area contributed by atoms with Crippen LogP contribution in [0.25, 0.3) is 0 Å². The van der Waals surface area contributed by atoms with Gasteiger partial charge in [-0.2, -0.15) is 0 Å². The van der Waals surface area contributed by atoms with E-state index in [2.05, 4.69) is 5.32 Å². The lowest BCUT2D eigenvalue weighted by atomic mass is 9.81. The molecule has 0 aromatic rings. The molecule has 1 saturated heterocycles. The molecule has 0 spiro atoms. The average Bonchev–Trinajstić information content (AvgIpc) is 2.45. The summed E-state index contributed by atoms with van der Waals surface area (Å²) in [6.07, 6.45) is 7.03. The first kappa shape index (κ1) is 18.2. The molecule has 0 aromatic heterocycles. The summed E-state index contributed by atoms with van der Waals surface area (Å²) in [7, 11) is 0. The quantitative estimate of drug-likeness (QED) is 0.827. The molecule has 2 rings (SSSR count). The Morgan fingerprint density at radius 2 is 1.90 bits per heavy atom. The van der Waals surface area contributed by atoms with Crippen molar-refractivity contribution in [1.29, 1.82) is 0 Å². The van der Waals surface area contributed by atoms with E-state index < -0.39 is 5.54 Å². The molecule has 3 N–H and O–H groups in total. The zero-order chi connectivity index (χ0) is 14.6. The molecule has 2 aliphatic rings. The van der Waals surface area contributed by atoms with Gasteiger partial charge in [-0.05, 0) is 31.6 Å². The van der Waals surface area contributed by atoms with E-state index in [1.807, 2.05) is 4.90 Å². The van der Waals surface area contributed by atoms with E-state index >= 15 is 0 Å². The second kappa shape index (κ2) is 7.99. The third kappa shape index (κ3) is 4.85. The summed E-state index contributed by atoms with van der Waals surface area (Å²) in [4.78, 5) is 25.6. The van der Waals surface area contributed by atoms with Gasteiger partial charge in [0.25, 0.3) is 0 Å². The number of hydrogen-bond acceptors (Lipinski definition) is 3. The molecule has 122 valence electrons. The molecular formula is C15H28ClN3O2. The Morgan fingerprint density at radius 3 is 2.52 bits per heavy atom. The molecule has 0 bridgehead atoms. The first-order chi connectivity index (χ1) is 9.51. The lowest BCUT2D eigenvalue weighted by Gasteiger charge is -2.40. The zero-order valence-electron chi connectivity index (χ0n) is 12.9. The van der Waals surface area contributed by atoms with Gasteiger partial charge in [0.2, 0.25) is 11.8 Å². The minimum Gasteiger partial charge on any atom is -0.356 e. The van der Waals surface area contributed by atoms with Crippen molar-refractivity contribution < 1.29 is 9.59 Å². The second-order valence-electron chi connectivity index (χ2n) is 6.41. The summed E-state index contributed by atoms with van der Waals surface area (Å²) in [6.45, 7) is 3.74. The van der Waals surface area contributed by atoms with Gasteiger partial charge in [-0.15, -0.1) is 12.4 Å². The maximum Gasteiger partial charge on any atom is 0.242 e. The zero-order valence-corrected chi connectivity index (χ0v) is 13.7. The molecule has 1 unspecified atom stereocenters.